The van der Waals surface area contributed by atoms with E-state index in [0.717, 1.165) is 0 Å². The van der Waals surface area contributed by atoms with Crippen molar-refractivity contribution in [2.24, 2.45) is 0 Å². The molecule has 0 spiro atoms. The van der Waals surface area contributed by atoms with Gasteiger partial charge in [0.15, 0.2) is 60.2 Å². The summed E-state index contributed by atoms with van der Waals surface area (Å²) in [6.07, 6.45) is -5.21. The summed E-state index contributed by atoms with van der Waals surface area (Å²) in [5.41, 5.74) is 19.8. The number of nitrogen functional groups attached to an aromatic ring is 3. The molecule has 0 radical (unpaired) electrons. The molecule has 0 amide bonds. The first-order chi connectivity index (χ1) is 33.6. The molecule has 0 aliphatic carbocycles. The summed E-state index contributed by atoms with van der Waals surface area (Å²) in [7, 11) is -0.707. The maximum Gasteiger partial charge on any atom is 0.330 e. The summed E-state index contributed by atoms with van der Waals surface area (Å²) >= 11 is 11.4. The minimum absolute atomic E-state index is 0.0123. The van der Waals surface area contributed by atoms with Gasteiger partial charge in [-0.15, -0.1) is 0 Å². The molecule has 6 aromatic heterocycles. The van der Waals surface area contributed by atoms with Gasteiger partial charge in [0.25, 0.3) is 0 Å². The van der Waals surface area contributed by atoms with Gasteiger partial charge in [-0.05, 0) is 30.0 Å². The van der Waals surface area contributed by atoms with Crippen LogP contribution in [0.4, 0.5) is 17.5 Å². The Labute approximate surface area is 406 Å². The van der Waals surface area contributed by atoms with Crippen LogP contribution in [0.25, 0.3) is 33.5 Å². The highest BCUT2D eigenvalue weighted by Crippen LogP contribution is 2.52. The number of ether oxygens (including phenoxy) is 5. The molecule has 0 saturated carbocycles. The molecule has 9 rings (SSSR count). The standard InChI is InChI=1S/C35H48N15O15P3S2/c1-55-23-15(5-6-67(53,57-3)58-4)61-34(49-13-46-19-28(37)40-10-43-31(19)49)25(23)64-66(69)59-7-17-24(56-2)26(35(63-17)50-14-47-20-29(38)41-11-44-32(20)50)65-68(54,70)60-8-16-21(51)22(52)33(62-16)48-12-45-18-27(36)39-9-42-30(18)48/h9-17,21-26,33-35,51-52,66H,5-8H2,1-4H3,(H,54,70)(H2,36,39,42)(H2,37,40,43)(H2,38,41,44)/t15-,16-,17-,21-,22-,23-,24-,25-,26-,33-,34-,35-,68-/m1/s1. The summed E-state index contributed by atoms with van der Waals surface area (Å²) in [5, 5.41) is 22.0. The Morgan fingerprint density at radius 1 is 0.657 bits per heavy atom. The molecule has 3 aliphatic rings. The molecule has 3 saturated heterocycles. The molecule has 9 N–H and O–H groups in total. The highest BCUT2D eigenvalue weighted by atomic mass is 32.5. The lowest BCUT2D eigenvalue weighted by atomic mass is 10.1. The van der Waals surface area contributed by atoms with Crippen LogP contribution in [0, 0.1) is 0 Å². The van der Waals surface area contributed by atoms with Gasteiger partial charge in [0.05, 0.1) is 44.5 Å². The van der Waals surface area contributed by atoms with Gasteiger partial charge in [0.1, 0.15) is 84.4 Å². The molecule has 3 aliphatic heterocycles. The van der Waals surface area contributed by atoms with Gasteiger partial charge in [-0.25, -0.2) is 44.9 Å². The summed E-state index contributed by atoms with van der Waals surface area (Å²) in [4.78, 5) is 49.4. The number of hydrogen-bond acceptors (Lipinski definition) is 28. The van der Waals surface area contributed by atoms with E-state index in [2.05, 4.69) is 44.9 Å². The van der Waals surface area contributed by atoms with E-state index in [9.17, 15) is 19.7 Å². The molecule has 3 fully saturated rings. The van der Waals surface area contributed by atoms with E-state index in [1.807, 2.05) is 0 Å². The van der Waals surface area contributed by atoms with E-state index in [1.165, 1.54) is 75.5 Å². The number of aliphatic hydroxyl groups is 2. The van der Waals surface area contributed by atoms with Crippen LogP contribution in [-0.2, 0) is 79.0 Å². The van der Waals surface area contributed by atoms with Crippen molar-refractivity contribution in [3.63, 3.8) is 0 Å². The molecule has 14 atom stereocenters. The molecular formula is C35H48N15O15P3S2. The molecule has 0 aromatic carbocycles. The smallest absolute Gasteiger partial charge is 0.330 e. The average Bonchev–Trinajstić information content (AvgIpc) is 4.22. The van der Waals surface area contributed by atoms with Crippen molar-refractivity contribution in [1.82, 2.24) is 58.6 Å². The normalized spacial score (nSPS) is 29.7. The minimum Gasteiger partial charge on any atom is -0.387 e. The molecule has 35 heteroatoms. The monoisotopic (exact) mass is 1080 g/mol. The van der Waals surface area contributed by atoms with Crippen molar-refractivity contribution < 1.29 is 70.5 Å². The molecule has 9 heterocycles. The van der Waals surface area contributed by atoms with Gasteiger partial charge < -0.3 is 78.6 Å². The largest absolute Gasteiger partial charge is 0.387 e. The maximum atomic E-state index is 13.1. The summed E-state index contributed by atoms with van der Waals surface area (Å²) in [6.45, 7) is -5.10. The van der Waals surface area contributed by atoms with Crippen LogP contribution in [0.15, 0.2) is 38.0 Å². The Morgan fingerprint density at radius 2 is 1.13 bits per heavy atom. The predicted octanol–water partition coefficient (Wildman–Crippen LogP) is 0.0992. The fourth-order valence-corrected chi connectivity index (χ4v) is 12.4. The molecule has 380 valence electrons. The van der Waals surface area contributed by atoms with Crippen LogP contribution in [0.3, 0.4) is 0 Å². The number of nitrogens with two attached hydrogens (primary N) is 3. The highest BCUT2D eigenvalue weighted by Gasteiger charge is 2.52. The highest BCUT2D eigenvalue weighted by molar-refractivity contribution is 8.07. The van der Waals surface area contributed by atoms with Crippen LogP contribution < -0.4 is 17.2 Å². The number of fused-ring (bicyclic) bond motifs is 3. The number of nitrogens with zero attached hydrogens (tertiary/aromatic N) is 12. The zero-order valence-electron chi connectivity index (χ0n) is 37.3. The average molecular weight is 1080 g/mol. The molecule has 70 heavy (non-hydrogen) atoms. The first-order valence-electron chi connectivity index (χ1n) is 21.0. The van der Waals surface area contributed by atoms with Crippen LogP contribution in [0.2, 0.25) is 0 Å². The second-order valence-corrected chi connectivity index (χ2v) is 23.0. The van der Waals surface area contributed by atoms with E-state index in [4.69, 9.17) is 91.6 Å². The number of hydrogen-bond donors (Lipinski definition) is 6. The maximum absolute atomic E-state index is 13.1. The first kappa shape index (κ1) is 50.9. The lowest BCUT2D eigenvalue weighted by Gasteiger charge is -2.28. The van der Waals surface area contributed by atoms with Gasteiger partial charge in [0, 0.05) is 28.4 Å². The van der Waals surface area contributed by atoms with E-state index >= 15 is 0 Å². The molecule has 1 unspecified atom stereocenters. The Kier molecular flexibility index (Phi) is 15.2. The Hall–Kier alpha value is -3.98. The van der Waals surface area contributed by atoms with Crippen LogP contribution in [-0.4, -0.2) is 176 Å². The van der Waals surface area contributed by atoms with Crippen molar-refractivity contribution in [1.29, 1.82) is 0 Å². The SMILES string of the molecule is CO[C@H]1[C@@H](O[PH](=S)OC[C@H]2O[C@@H](n3cnc4c(N)ncnc43)[C@H](O[P@](O)(=S)OC[C@H]3O[C@@H](n4cnc5c(N)ncnc54)[C@H](O)[C@@H]3O)[C@@H]2OC)[C@H](n2cnc3c(N)ncnc32)O[C@@H]1CCP(=O)(OC)OC. The van der Waals surface area contributed by atoms with Crippen molar-refractivity contribution in [3.8, 4) is 0 Å². The topological polar surface area (TPSA) is 388 Å². The number of rotatable bonds is 20. The summed E-state index contributed by atoms with van der Waals surface area (Å²) in [5.74, 6) is 0.329. The Bertz CT molecular complexity index is 2950. The number of imidazole rings is 3. The number of methoxy groups -OCH3 is 2. The summed E-state index contributed by atoms with van der Waals surface area (Å²) in [6, 6.07) is 0. The zero-order chi connectivity index (χ0) is 49.6. The Balaban J connectivity index is 0.926. The van der Waals surface area contributed by atoms with Gasteiger partial charge in [0.2, 0.25) is 0 Å². The van der Waals surface area contributed by atoms with Crippen LogP contribution in [0.5, 0.6) is 0 Å². The van der Waals surface area contributed by atoms with E-state index in [-0.39, 0.29) is 59.0 Å². The third-order valence-corrected chi connectivity index (χ3v) is 16.9. The van der Waals surface area contributed by atoms with Gasteiger partial charge in [-0.1, -0.05) is 0 Å². The van der Waals surface area contributed by atoms with Crippen molar-refractivity contribution in [2.45, 2.75) is 80.0 Å². The number of aromatic nitrogens is 12. The third kappa shape index (κ3) is 9.81. The number of aliphatic hydroxyl groups excluding tert-OH is 2. The second-order valence-electron chi connectivity index (χ2n) is 15.8. The van der Waals surface area contributed by atoms with Gasteiger partial charge in [-0.2, -0.15) is 0 Å². The Morgan fingerprint density at radius 3 is 1.64 bits per heavy atom. The van der Waals surface area contributed by atoms with E-state index < -0.39 is 102 Å². The fourth-order valence-electron chi connectivity index (χ4n) is 8.49. The zero-order valence-corrected chi connectivity index (χ0v) is 41.7. The van der Waals surface area contributed by atoms with Gasteiger partial charge >= 0.3 is 14.3 Å². The van der Waals surface area contributed by atoms with Gasteiger partial charge in [-0.3, -0.25) is 22.8 Å². The molecule has 30 nitrogen and oxygen atoms in total. The van der Waals surface area contributed by atoms with E-state index in [0.29, 0.717) is 11.2 Å². The lowest BCUT2D eigenvalue weighted by molar-refractivity contribution is -0.0567. The quantitative estimate of drug-likeness (QED) is 0.0552. The van der Waals surface area contributed by atoms with Crippen LogP contribution in [0.1, 0.15) is 25.1 Å². The van der Waals surface area contributed by atoms with E-state index in [1.54, 1.807) is 4.57 Å². The van der Waals surface area contributed by atoms with Crippen molar-refractivity contribution in [3.05, 3.63) is 38.0 Å². The van der Waals surface area contributed by atoms with Crippen molar-refractivity contribution >= 4 is 96.0 Å². The van der Waals surface area contributed by atoms with Crippen molar-refractivity contribution in [2.75, 3.05) is 65.0 Å². The first-order valence-corrected chi connectivity index (χ1v) is 27.7. The minimum atomic E-state index is -4.31. The predicted molar refractivity (Wildman–Crippen MR) is 249 cm³/mol. The third-order valence-electron chi connectivity index (χ3n) is 11.9. The molecule has 6 aromatic rings. The lowest BCUT2D eigenvalue weighted by Crippen LogP contribution is -2.37. The van der Waals surface area contributed by atoms with Crippen LogP contribution >= 0.6 is 21.5 Å². The molecule has 0 bridgehead atoms. The number of anilines is 3. The second kappa shape index (κ2) is 20.9. The fraction of sp³-hybridized carbons (Fsp3) is 0.571. The summed E-state index contributed by atoms with van der Waals surface area (Å²) < 4.78 is 83.4. The molecular weight excluding hydrogens is 1030 g/mol.